The van der Waals surface area contributed by atoms with E-state index >= 15 is 0 Å². The van der Waals surface area contributed by atoms with Gasteiger partial charge in [0.25, 0.3) is 11.8 Å². The second-order valence-electron chi connectivity index (χ2n) is 12.2. The number of nitrogens with zero attached hydrogens (tertiary/aromatic N) is 7. The van der Waals surface area contributed by atoms with Crippen molar-refractivity contribution < 1.29 is 13.9 Å². The number of aromatic nitrogens is 3. The molecule has 1 aromatic carbocycles. The molecule has 42 heavy (non-hydrogen) atoms. The molecule has 1 amide bonds. The van der Waals surface area contributed by atoms with Crippen LogP contribution in [-0.4, -0.2) is 88.8 Å². The summed E-state index contributed by atoms with van der Waals surface area (Å²) in [5.41, 5.74) is 0.339. The number of carbonyl (C=O) groups excluding carboxylic acids is 1. The van der Waals surface area contributed by atoms with Crippen molar-refractivity contribution in [2.24, 2.45) is 11.3 Å². The van der Waals surface area contributed by atoms with Gasteiger partial charge in [-0.05, 0) is 70.7 Å². The molecule has 2 aliphatic rings. The first-order valence-corrected chi connectivity index (χ1v) is 15.2. The Morgan fingerprint density at radius 2 is 2.02 bits per heavy atom. The smallest absolute Gasteiger partial charge is 0.282 e. The number of hydrogen-bond acceptors (Lipinski definition) is 9. The van der Waals surface area contributed by atoms with Crippen LogP contribution in [0.25, 0.3) is 0 Å². The normalized spacial score (nSPS) is 17.0. The monoisotopic (exact) mass is 580 g/mol. The minimum atomic E-state index is -0.506. The Hall–Kier alpha value is -3.36. The third-order valence-corrected chi connectivity index (χ3v) is 8.50. The van der Waals surface area contributed by atoms with Gasteiger partial charge in [0.05, 0.1) is 11.6 Å². The quantitative estimate of drug-likeness (QED) is 0.323. The number of nitriles is 1. The molecule has 1 aromatic heterocycles. The molecule has 4 rings (SSSR count). The predicted octanol–water partition coefficient (Wildman–Crippen LogP) is 4.49. The average molecular weight is 581 g/mol. The van der Waals surface area contributed by atoms with Crippen LogP contribution in [0.2, 0.25) is 0 Å². The topological polar surface area (TPSA) is 111 Å². The second kappa shape index (κ2) is 14.2. The second-order valence-corrected chi connectivity index (χ2v) is 12.2. The number of hydrogen-bond donors (Lipinski definition) is 1. The summed E-state index contributed by atoms with van der Waals surface area (Å²) < 4.78 is 20.4. The van der Waals surface area contributed by atoms with Crippen molar-refractivity contribution in [1.82, 2.24) is 30.3 Å². The maximum Gasteiger partial charge on any atom is 0.282 e. The van der Waals surface area contributed by atoms with E-state index < -0.39 is 5.82 Å². The number of benzene rings is 1. The van der Waals surface area contributed by atoms with Crippen molar-refractivity contribution in [3.8, 4) is 17.7 Å². The summed E-state index contributed by atoms with van der Waals surface area (Å²) >= 11 is 0. The molecule has 11 heteroatoms. The van der Waals surface area contributed by atoms with Crippen molar-refractivity contribution in [2.45, 2.75) is 72.4 Å². The van der Waals surface area contributed by atoms with Crippen LogP contribution in [0.15, 0.2) is 24.5 Å². The Morgan fingerprint density at radius 1 is 1.24 bits per heavy atom. The highest BCUT2D eigenvalue weighted by Gasteiger charge is 2.50. The third kappa shape index (κ3) is 7.34. The minimum Gasteiger partial charge on any atom is -0.434 e. The number of carbonyl (C=O) groups is 1. The van der Waals surface area contributed by atoms with E-state index in [1.165, 1.54) is 24.5 Å². The number of amides is 1. The number of anilines is 1. The Kier molecular flexibility index (Phi) is 10.7. The fourth-order valence-electron chi connectivity index (χ4n) is 6.37. The first-order valence-electron chi connectivity index (χ1n) is 15.2. The first-order chi connectivity index (χ1) is 20.2. The summed E-state index contributed by atoms with van der Waals surface area (Å²) in [6.45, 7) is 16.3. The molecule has 2 aliphatic heterocycles. The van der Waals surface area contributed by atoms with Gasteiger partial charge in [-0.15, -0.1) is 10.2 Å². The Bertz CT molecular complexity index is 1240. The zero-order valence-corrected chi connectivity index (χ0v) is 25.6. The summed E-state index contributed by atoms with van der Waals surface area (Å²) in [6, 6.07) is 6.63. The van der Waals surface area contributed by atoms with E-state index in [0.717, 1.165) is 58.5 Å². The van der Waals surface area contributed by atoms with E-state index in [9.17, 15) is 9.18 Å². The van der Waals surface area contributed by atoms with Crippen LogP contribution < -0.4 is 15.0 Å². The highest BCUT2D eigenvalue weighted by Crippen LogP contribution is 2.44. The number of rotatable bonds is 14. The van der Waals surface area contributed by atoms with Crippen LogP contribution in [0.3, 0.4) is 0 Å². The molecular weight excluding hydrogens is 535 g/mol. The van der Waals surface area contributed by atoms with E-state index in [0.29, 0.717) is 30.7 Å². The molecule has 3 heterocycles. The highest BCUT2D eigenvalue weighted by molar-refractivity contribution is 5.97. The van der Waals surface area contributed by atoms with E-state index in [1.54, 1.807) is 4.90 Å². The molecule has 1 spiro atoms. The standard InChI is InChI=1S/C31H45FN8O2/c1-6-40(23(4)5)30(41)25-17-24(32)10-11-27(25)42-29-28(35-21-36-37-29)38-16-12-31(18-38)19-39(20-31)26(22(2)3)9-7-14-34-15-8-13-33/h10-11,17,21-23,26,34H,6-9,12,14-16,18-20H2,1-5H3. The molecule has 0 bridgehead atoms. The van der Waals surface area contributed by atoms with Gasteiger partial charge >= 0.3 is 0 Å². The van der Waals surface area contributed by atoms with Gasteiger partial charge in [0.1, 0.15) is 17.9 Å². The van der Waals surface area contributed by atoms with Crippen molar-refractivity contribution in [3.63, 3.8) is 0 Å². The largest absolute Gasteiger partial charge is 0.434 e. The lowest BCUT2D eigenvalue weighted by Crippen LogP contribution is -2.62. The first kappa shape index (κ1) is 31.6. The van der Waals surface area contributed by atoms with Gasteiger partial charge in [0, 0.05) is 63.2 Å². The maximum atomic E-state index is 14.2. The van der Waals surface area contributed by atoms with Crippen LogP contribution in [0, 0.1) is 28.5 Å². The van der Waals surface area contributed by atoms with Gasteiger partial charge < -0.3 is 19.9 Å². The Labute approximate surface area is 249 Å². The number of ether oxygens (including phenoxy) is 1. The highest BCUT2D eigenvalue weighted by atomic mass is 19.1. The maximum absolute atomic E-state index is 14.2. The molecule has 1 atom stereocenters. The van der Waals surface area contributed by atoms with Crippen molar-refractivity contribution in [1.29, 1.82) is 5.26 Å². The molecule has 10 nitrogen and oxygen atoms in total. The van der Waals surface area contributed by atoms with Crippen LogP contribution >= 0.6 is 0 Å². The number of nitrogens with one attached hydrogen (secondary N) is 1. The van der Waals surface area contributed by atoms with E-state index in [1.807, 2.05) is 20.8 Å². The van der Waals surface area contributed by atoms with Gasteiger partial charge in [-0.2, -0.15) is 5.26 Å². The number of likely N-dealkylation sites (tertiary alicyclic amines) is 1. The summed E-state index contributed by atoms with van der Waals surface area (Å²) in [7, 11) is 0. The van der Waals surface area contributed by atoms with Crippen LogP contribution in [-0.2, 0) is 0 Å². The fraction of sp³-hybridized carbons (Fsp3) is 0.645. The zero-order valence-electron chi connectivity index (χ0n) is 25.6. The summed E-state index contributed by atoms with van der Waals surface area (Å²) in [5.74, 6) is 0.791. The average Bonchev–Trinajstić information content (AvgIpc) is 3.39. The lowest BCUT2D eigenvalue weighted by Gasteiger charge is -2.53. The Balaban J connectivity index is 1.42. The molecule has 228 valence electrons. The van der Waals surface area contributed by atoms with Gasteiger partial charge in [0.15, 0.2) is 5.82 Å². The summed E-state index contributed by atoms with van der Waals surface area (Å²) in [4.78, 5) is 24.3. The SMILES string of the molecule is CCN(C(=O)c1cc(F)ccc1Oc1nncnc1N1CCC2(C1)CN(C(CCCNCCC#N)C(C)C)C2)C(C)C. The lowest BCUT2D eigenvalue weighted by molar-refractivity contribution is -0.0339. The van der Waals surface area contributed by atoms with Gasteiger partial charge in [-0.25, -0.2) is 9.37 Å². The predicted molar refractivity (Wildman–Crippen MR) is 160 cm³/mol. The molecule has 2 aromatic rings. The van der Waals surface area contributed by atoms with Crippen LogP contribution in [0.1, 0.15) is 70.7 Å². The molecule has 0 saturated carbocycles. The third-order valence-electron chi connectivity index (χ3n) is 8.50. The zero-order chi connectivity index (χ0) is 30.3. The molecule has 1 N–H and O–H groups in total. The molecular formula is C31H45FN8O2. The van der Waals surface area contributed by atoms with Crippen molar-refractivity contribution >= 4 is 11.7 Å². The van der Waals surface area contributed by atoms with Gasteiger partial charge in [-0.3, -0.25) is 9.69 Å². The van der Waals surface area contributed by atoms with Crippen LogP contribution in [0.4, 0.5) is 10.2 Å². The van der Waals surface area contributed by atoms with Gasteiger partial charge in [0.2, 0.25) is 0 Å². The molecule has 2 fully saturated rings. The fourth-order valence-corrected chi connectivity index (χ4v) is 6.37. The van der Waals surface area contributed by atoms with Gasteiger partial charge in [-0.1, -0.05) is 13.8 Å². The van der Waals surface area contributed by atoms with Crippen LogP contribution in [0.5, 0.6) is 11.6 Å². The Morgan fingerprint density at radius 3 is 2.71 bits per heavy atom. The van der Waals surface area contributed by atoms with E-state index in [4.69, 9.17) is 10.00 Å². The van der Waals surface area contributed by atoms with E-state index in [2.05, 4.69) is 50.2 Å². The van der Waals surface area contributed by atoms with E-state index in [-0.39, 0.29) is 34.6 Å². The molecule has 0 radical (unpaired) electrons. The molecule has 0 aliphatic carbocycles. The summed E-state index contributed by atoms with van der Waals surface area (Å²) in [6.07, 6.45) is 5.24. The summed E-state index contributed by atoms with van der Waals surface area (Å²) in [5, 5.41) is 20.2. The molecule has 2 saturated heterocycles. The molecule has 1 unspecified atom stereocenters. The minimum absolute atomic E-state index is 0.0448. The van der Waals surface area contributed by atoms with Crippen molar-refractivity contribution in [3.05, 3.63) is 35.9 Å². The number of halogens is 1. The lowest BCUT2D eigenvalue weighted by atomic mass is 9.76. The van der Waals surface area contributed by atoms with Crippen molar-refractivity contribution in [2.75, 3.05) is 50.7 Å².